The van der Waals surface area contributed by atoms with E-state index >= 15 is 0 Å². The highest BCUT2D eigenvalue weighted by molar-refractivity contribution is 5.38. The fourth-order valence-corrected chi connectivity index (χ4v) is 2.67. The molecule has 0 amide bonds. The third-order valence-corrected chi connectivity index (χ3v) is 3.53. The van der Waals surface area contributed by atoms with Crippen LogP contribution in [0.1, 0.15) is 28.7 Å². The molecular formula is C14H20FN. The summed E-state index contributed by atoms with van der Waals surface area (Å²) in [7, 11) is 0. The van der Waals surface area contributed by atoms with E-state index in [-0.39, 0.29) is 0 Å². The van der Waals surface area contributed by atoms with Gasteiger partial charge < -0.3 is 5.32 Å². The maximum atomic E-state index is 14.4. The van der Waals surface area contributed by atoms with Crippen LogP contribution >= 0.6 is 0 Å². The van der Waals surface area contributed by atoms with Crippen molar-refractivity contribution in [2.75, 3.05) is 13.1 Å². The minimum Gasteiger partial charge on any atom is -0.313 e. The van der Waals surface area contributed by atoms with E-state index in [0.29, 0.717) is 19.4 Å². The Hall–Kier alpha value is -0.890. The first-order valence-electron chi connectivity index (χ1n) is 5.97. The van der Waals surface area contributed by atoms with Gasteiger partial charge in [-0.2, -0.15) is 0 Å². The summed E-state index contributed by atoms with van der Waals surface area (Å²) in [6.45, 7) is 7.56. The van der Waals surface area contributed by atoms with Gasteiger partial charge in [0.25, 0.3) is 0 Å². The summed E-state index contributed by atoms with van der Waals surface area (Å²) < 4.78 is 14.4. The van der Waals surface area contributed by atoms with Crippen LogP contribution in [0.4, 0.5) is 4.39 Å². The lowest BCUT2D eigenvalue weighted by Gasteiger charge is -2.21. The molecule has 1 aliphatic rings. The maximum absolute atomic E-state index is 14.4. The molecule has 1 heterocycles. The van der Waals surface area contributed by atoms with Crippen LogP contribution in [0.5, 0.6) is 0 Å². The first kappa shape index (κ1) is 11.6. The molecule has 0 radical (unpaired) electrons. The lowest BCUT2D eigenvalue weighted by atomic mass is 9.89. The molecule has 0 aromatic heterocycles. The van der Waals surface area contributed by atoms with Crippen LogP contribution in [0.15, 0.2) is 12.1 Å². The van der Waals surface area contributed by atoms with Crippen LogP contribution in [0.2, 0.25) is 0 Å². The van der Waals surface area contributed by atoms with Crippen LogP contribution in [0.25, 0.3) is 0 Å². The molecule has 1 aromatic rings. The number of nitrogens with one attached hydrogen (secondary N) is 1. The highest BCUT2D eigenvalue weighted by Crippen LogP contribution is 2.28. The fraction of sp³-hybridized carbons (Fsp3) is 0.571. The second-order valence-corrected chi connectivity index (χ2v) is 5.13. The summed E-state index contributed by atoms with van der Waals surface area (Å²) in [5, 5.41) is 3.11. The minimum atomic E-state index is -1.04. The number of hydrogen-bond donors (Lipinski definition) is 1. The molecule has 1 fully saturated rings. The number of hydrogen-bond acceptors (Lipinski definition) is 1. The van der Waals surface area contributed by atoms with Gasteiger partial charge in [-0.1, -0.05) is 17.7 Å². The van der Waals surface area contributed by atoms with E-state index < -0.39 is 5.67 Å². The molecule has 1 aromatic carbocycles. The Morgan fingerprint density at radius 2 is 1.88 bits per heavy atom. The molecule has 1 nitrogen and oxygen atoms in total. The molecule has 0 saturated carbocycles. The van der Waals surface area contributed by atoms with Gasteiger partial charge in [-0.05, 0) is 50.4 Å². The first-order chi connectivity index (χ1) is 7.50. The maximum Gasteiger partial charge on any atom is 0.128 e. The van der Waals surface area contributed by atoms with Crippen molar-refractivity contribution in [2.45, 2.75) is 39.3 Å². The predicted octanol–water partition coefficient (Wildman–Crippen LogP) is 2.86. The van der Waals surface area contributed by atoms with Crippen LogP contribution in [0.3, 0.4) is 0 Å². The van der Waals surface area contributed by atoms with E-state index in [1.807, 2.05) is 0 Å². The molecule has 1 saturated heterocycles. The number of alkyl halides is 1. The summed E-state index contributed by atoms with van der Waals surface area (Å²) in [5.41, 5.74) is 3.86. The van der Waals surface area contributed by atoms with Crippen molar-refractivity contribution in [1.29, 1.82) is 0 Å². The van der Waals surface area contributed by atoms with Crippen LogP contribution < -0.4 is 5.32 Å². The van der Waals surface area contributed by atoms with Gasteiger partial charge in [0.05, 0.1) is 0 Å². The van der Waals surface area contributed by atoms with Gasteiger partial charge in [-0.25, -0.2) is 4.39 Å². The zero-order valence-electron chi connectivity index (χ0n) is 10.4. The van der Waals surface area contributed by atoms with Crippen LogP contribution in [-0.4, -0.2) is 18.8 Å². The van der Waals surface area contributed by atoms with Crippen LogP contribution in [-0.2, 0) is 6.42 Å². The van der Waals surface area contributed by atoms with Crippen molar-refractivity contribution in [3.63, 3.8) is 0 Å². The van der Waals surface area contributed by atoms with Crippen molar-refractivity contribution in [1.82, 2.24) is 5.32 Å². The molecule has 88 valence electrons. The van der Waals surface area contributed by atoms with Gasteiger partial charge in [-0.3, -0.25) is 0 Å². The summed E-state index contributed by atoms with van der Waals surface area (Å²) in [6, 6.07) is 4.29. The summed E-state index contributed by atoms with van der Waals surface area (Å²) >= 11 is 0. The fourth-order valence-electron chi connectivity index (χ4n) is 2.67. The highest BCUT2D eigenvalue weighted by atomic mass is 19.1. The largest absolute Gasteiger partial charge is 0.313 e. The van der Waals surface area contributed by atoms with Crippen molar-refractivity contribution in [2.24, 2.45) is 0 Å². The van der Waals surface area contributed by atoms with E-state index in [1.165, 1.54) is 22.3 Å². The number of halogens is 1. The van der Waals surface area contributed by atoms with E-state index in [4.69, 9.17) is 0 Å². The minimum absolute atomic E-state index is 0.500. The molecule has 1 N–H and O–H groups in total. The third kappa shape index (κ3) is 2.27. The van der Waals surface area contributed by atoms with E-state index in [1.54, 1.807) is 0 Å². The molecule has 2 rings (SSSR count). The molecule has 0 spiro atoms. The smallest absolute Gasteiger partial charge is 0.128 e. The Kier molecular flexibility index (Phi) is 3.02. The Balaban J connectivity index is 2.27. The number of aryl methyl sites for hydroxylation is 3. The van der Waals surface area contributed by atoms with Crippen molar-refractivity contribution < 1.29 is 4.39 Å². The molecular weight excluding hydrogens is 201 g/mol. The lowest BCUT2D eigenvalue weighted by Crippen LogP contribution is -2.29. The van der Waals surface area contributed by atoms with Gasteiger partial charge in [0.2, 0.25) is 0 Å². The average Bonchev–Trinajstić information content (AvgIpc) is 2.59. The molecule has 1 atom stereocenters. The topological polar surface area (TPSA) is 12.0 Å². The lowest BCUT2D eigenvalue weighted by molar-refractivity contribution is 0.190. The Morgan fingerprint density at radius 3 is 2.38 bits per heavy atom. The Bertz CT molecular complexity index is 369. The molecule has 1 unspecified atom stereocenters. The quantitative estimate of drug-likeness (QED) is 0.809. The van der Waals surface area contributed by atoms with E-state index in [9.17, 15) is 4.39 Å². The van der Waals surface area contributed by atoms with Crippen molar-refractivity contribution >= 4 is 0 Å². The van der Waals surface area contributed by atoms with Gasteiger partial charge in [0.15, 0.2) is 0 Å². The van der Waals surface area contributed by atoms with Crippen molar-refractivity contribution in [3.8, 4) is 0 Å². The van der Waals surface area contributed by atoms with E-state index in [2.05, 4.69) is 38.2 Å². The second kappa shape index (κ2) is 4.17. The zero-order valence-corrected chi connectivity index (χ0v) is 10.4. The third-order valence-electron chi connectivity index (χ3n) is 3.53. The molecule has 0 aliphatic carbocycles. The molecule has 0 bridgehead atoms. The monoisotopic (exact) mass is 221 g/mol. The van der Waals surface area contributed by atoms with Gasteiger partial charge in [-0.15, -0.1) is 0 Å². The molecule has 2 heteroatoms. The summed E-state index contributed by atoms with van der Waals surface area (Å²) in [4.78, 5) is 0. The highest BCUT2D eigenvalue weighted by Gasteiger charge is 2.34. The summed E-state index contributed by atoms with van der Waals surface area (Å²) in [6.07, 6.45) is 1.19. The molecule has 1 aliphatic heterocycles. The SMILES string of the molecule is Cc1cc(C)c(CC2(F)CCNC2)c(C)c1. The standard InChI is InChI=1S/C14H20FN/c1-10-6-11(2)13(12(3)7-10)8-14(15)4-5-16-9-14/h6-7,16H,4-5,8-9H2,1-3H3. The molecule has 16 heavy (non-hydrogen) atoms. The van der Waals surface area contributed by atoms with Gasteiger partial charge in [0, 0.05) is 13.0 Å². The normalized spacial score (nSPS) is 25.0. The Morgan fingerprint density at radius 1 is 1.25 bits per heavy atom. The summed E-state index contributed by atoms with van der Waals surface area (Å²) in [5.74, 6) is 0. The van der Waals surface area contributed by atoms with Crippen LogP contribution in [0, 0.1) is 20.8 Å². The Labute approximate surface area is 97.1 Å². The van der Waals surface area contributed by atoms with Crippen molar-refractivity contribution in [3.05, 3.63) is 34.4 Å². The second-order valence-electron chi connectivity index (χ2n) is 5.13. The number of benzene rings is 1. The van der Waals surface area contributed by atoms with Gasteiger partial charge >= 0.3 is 0 Å². The first-order valence-corrected chi connectivity index (χ1v) is 5.97. The number of rotatable bonds is 2. The average molecular weight is 221 g/mol. The van der Waals surface area contributed by atoms with Gasteiger partial charge in [0.1, 0.15) is 5.67 Å². The van der Waals surface area contributed by atoms with E-state index in [0.717, 1.165) is 6.54 Å². The zero-order chi connectivity index (χ0) is 11.8. The predicted molar refractivity (Wildman–Crippen MR) is 65.7 cm³/mol.